The van der Waals surface area contributed by atoms with Crippen LogP contribution in [0.5, 0.6) is 0 Å². The highest BCUT2D eigenvalue weighted by Gasteiger charge is 1.98. The minimum absolute atomic E-state index is 1.24. The number of hydrogen-bond donors (Lipinski definition) is 0. The van der Waals surface area contributed by atoms with Crippen molar-refractivity contribution < 1.29 is 0 Å². The van der Waals surface area contributed by atoms with Crippen molar-refractivity contribution in [2.75, 3.05) is 0 Å². The third-order valence-electron chi connectivity index (χ3n) is 1.34. The molecule has 9 heavy (non-hydrogen) atoms. The quantitative estimate of drug-likeness (QED) is 0.541. The lowest BCUT2D eigenvalue weighted by atomic mass is 10.4. The van der Waals surface area contributed by atoms with E-state index in [9.17, 15) is 0 Å². The predicted octanol–water partition coefficient (Wildman–Crippen LogP) is 1.63. The van der Waals surface area contributed by atoms with E-state index >= 15 is 0 Å². The highest BCUT2D eigenvalue weighted by molar-refractivity contribution is 7.16. The van der Waals surface area contributed by atoms with Crippen LogP contribution in [0.15, 0.2) is 18.5 Å². The van der Waals surface area contributed by atoms with Gasteiger partial charge < -0.3 is 0 Å². The number of aryl methyl sites for hydroxylation is 1. The molecule has 0 spiro atoms. The Labute approximate surface area is 56.9 Å². The third kappa shape index (κ3) is 0.580. The molecule has 0 aliphatic rings. The zero-order valence-corrected chi connectivity index (χ0v) is 5.85. The fraction of sp³-hybridized carbons (Fsp3) is 0.167. The van der Waals surface area contributed by atoms with Crippen molar-refractivity contribution >= 4 is 21.7 Å². The second kappa shape index (κ2) is 1.57. The summed E-state index contributed by atoms with van der Waals surface area (Å²) in [5.74, 6) is 0. The van der Waals surface area contributed by atoms with Crippen LogP contribution in [0.25, 0.3) is 10.2 Å². The summed E-state index contributed by atoms with van der Waals surface area (Å²) in [5, 5.41) is 0. The number of pyridine rings is 1. The molecular formula is C6H6N2S. The Balaban J connectivity index is 2.81. The average molecular weight is 138 g/mol. The van der Waals surface area contributed by atoms with Gasteiger partial charge in [-0.1, -0.05) is 11.5 Å². The van der Waals surface area contributed by atoms with E-state index in [2.05, 4.69) is 8.94 Å². The van der Waals surface area contributed by atoms with E-state index in [4.69, 9.17) is 0 Å². The van der Waals surface area contributed by atoms with Gasteiger partial charge >= 0.3 is 0 Å². The molecule has 0 N–H and O–H groups in total. The topological polar surface area (TPSA) is 17.8 Å². The summed E-state index contributed by atoms with van der Waals surface area (Å²) in [5.41, 5.74) is 1.24. The molecule has 46 valence electrons. The number of aromatic nitrogens is 2. The second-order valence-corrected chi connectivity index (χ2v) is 3.10. The first-order valence-electron chi connectivity index (χ1n) is 2.73. The van der Waals surface area contributed by atoms with Crippen LogP contribution in [-0.4, -0.2) is 8.94 Å². The van der Waals surface area contributed by atoms with Crippen molar-refractivity contribution in [3.63, 3.8) is 0 Å². The van der Waals surface area contributed by atoms with Gasteiger partial charge in [-0.05, 0) is 6.07 Å². The summed E-state index contributed by atoms with van der Waals surface area (Å²) < 4.78 is 3.43. The van der Waals surface area contributed by atoms with Crippen LogP contribution in [-0.2, 0) is 7.05 Å². The van der Waals surface area contributed by atoms with E-state index in [1.54, 1.807) is 11.5 Å². The molecule has 0 atom stereocenters. The number of fused-ring (bicyclic) bond motifs is 1. The van der Waals surface area contributed by atoms with Crippen molar-refractivity contribution in [2.24, 2.45) is 7.05 Å². The fourth-order valence-corrected chi connectivity index (χ4v) is 1.66. The van der Waals surface area contributed by atoms with Gasteiger partial charge in [0.2, 0.25) is 0 Å². The predicted molar refractivity (Wildman–Crippen MR) is 38.6 cm³/mol. The maximum Gasteiger partial charge on any atom is 0.0875 e. The van der Waals surface area contributed by atoms with Crippen LogP contribution in [0.3, 0.4) is 0 Å². The molecule has 3 heteroatoms. The third-order valence-corrected chi connectivity index (χ3v) is 2.35. The van der Waals surface area contributed by atoms with Gasteiger partial charge in [0.25, 0.3) is 0 Å². The van der Waals surface area contributed by atoms with E-state index in [0.29, 0.717) is 0 Å². The lowest BCUT2D eigenvalue weighted by Gasteiger charge is -2.06. The smallest absolute Gasteiger partial charge is 0.0875 e. The summed E-state index contributed by atoms with van der Waals surface area (Å²) in [6.07, 6.45) is 3.70. The zero-order valence-electron chi connectivity index (χ0n) is 5.03. The van der Waals surface area contributed by atoms with E-state index in [0.717, 1.165) is 0 Å². The van der Waals surface area contributed by atoms with Gasteiger partial charge in [0.1, 0.15) is 0 Å². The van der Waals surface area contributed by atoms with Crippen molar-refractivity contribution in [2.45, 2.75) is 0 Å². The Morgan fingerprint density at radius 1 is 1.67 bits per heavy atom. The molecule has 2 aromatic heterocycles. The molecule has 0 saturated carbocycles. The summed E-state index contributed by atoms with van der Waals surface area (Å²) in [6, 6.07) is 2.03. The molecule has 0 radical (unpaired) electrons. The molecule has 0 bridgehead atoms. The summed E-state index contributed by atoms with van der Waals surface area (Å²) in [6.45, 7) is 0. The molecule has 2 rings (SSSR count). The maximum atomic E-state index is 3.99. The lowest BCUT2D eigenvalue weighted by molar-refractivity contribution is 1.06. The standard InChI is InChI=1S/C6H6N2S/c1-8-5-4-7-3-2-6(5)9-8/h2-4H,1H3. The molecule has 0 unspecified atom stereocenters. The lowest BCUT2D eigenvalue weighted by Crippen LogP contribution is -1.92. The largest absolute Gasteiger partial charge is 0.298 e. The highest BCUT2D eigenvalue weighted by Crippen LogP contribution is 2.21. The molecular weight excluding hydrogens is 132 g/mol. The number of hydrogen-bond acceptors (Lipinski definition) is 2. The van der Waals surface area contributed by atoms with Gasteiger partial charge in [0.15, 0.2) is 0 Å². The molecule has 0 aliphatic carbocycles. The number of nitrogens with zero attached hydrogens (tertiary/aromatic N) is 2. The zero-order chi connectivity index (χ0) is 6.27. The summed E-state index contributed by atoms with van der Waals surface area (Å²) in [4.78, 5) is 3.99. The van der Waals surface area contributed by atoms with Gasteiger partial charge in [-0.15, -0.1) is 0 Å². The maximum absolute atomic E-state index is 3.99. The average Bonchev–Trinajstić information content (AvgIpc) is 1.86. The van der Waals surface area contributed by atoms with Crippen molar-refractivity contribution in [3.8, 4) is 0 Å². The van der Waals surface area contributed by atoms with E-state index in [1.165, 1.54) is 10.2 Å². The summed E-state index contributed by atoms with van der Waals surface area (Å²) in [7, 11) is 2.04. The molecule has 2 aromatic rings. The first-order chi connectivity index (χ1) is 4.38. The van der Waals surface area contributed by atoms with E-state index in [1.807, 2.05) is 25.5 Å². The second-order valence-electron chi connectivity index (χ2n) is 1.93. The Morgan fingerprint density at radius 2 is 2.56 bits per heavy atom. The van der Waals surface area contributed by atoms with Crippen molar-refractivity contribution in [3.05, 3.63) is 18.5 Å². The van der Waals surface area contributed by atoms with Crippen molar-refractivity contribution in [1.29, 1.82) is 0 Å². The van der Waals surface area contributed by atoms with E-state index < -0.39 is 0 Å². The Hall–Kier alpha value is -0.830. The van der Waals surface area contributed by atoms with Crippen LogP contribution in [0, 0.1) is 0 Å². The molecule has 2 heterocycles. The first-order valence-corrected chi connectivity index (χ1v) is 3.51. The van der Waals surface area contributed by atoms with Gasteiger partial charge in [0, 0.05) is 13.2 Å². The van der Waals surface area contributed by atoms with Crippen molar-refractivity contribution in [1.82, 2.24) is 8.94 Å². The molecule has 0 aliphatic heterocycles. The SMILES string of the molecule is Cn1sc2ccncc21. The van der Waals surface area contributed by atoms with E-state index in [-0.39, 0.29) is 0 Å². The van der Waals surface area contributed by atoms with Crippen LogP contribution in [0.2, 0.25) is 0 Å². The Morgan fingerprint density at radius 3 is 3.11 bits per heavy atom. The molecule has 0 aromatic carbocycles. The first kappa shape index (κ1) is 4.99. The number of rotatable bonds is 0. The van der Waals surface area contributed by atoms with Crippen LogP contribution in [0.1, 0.15) is 0 Å². The van der Waals surface area contributed by atoms with Crippen LogP contribution < -0.4 is 0 Å². The Kier molecular flexibility index (Phi) is 0.873. The fourth-order valence-electron chi connectivity index (χ4n) is 0.845. The summed E-state index contributed by atoms with van der Waals surface area (Å²) >= 11 is 1.75. The van der Waals surface area contributed by atoms with Gasteiger partial charge in [-0.3, -0.25) is 8.94 Å². The van der Waals surface area contributed by atoms with Crippen LogP contribution in [0.4, 0.5) is 0 Å². The highest BCUT2D eigenvalue weighted by atomic mass is 32.1. The van der Waals surface area contributed by atoms with Gasteiger partial charge in [-0.25, -0.2) is 0 Å². The minimum Gasteiger partial charge on any atom is -0.298 e. The molecule has 0 amide bonds. The minimum atomic E-state index is 1.24. The molecule has 0 fully saturated rings. The van der Waals surface area contributed by atoms with Gasteiger partial charge in [0.05, 0.1) is 16.4 Å². The normalized spacial score (nSPS) is 10.8. The monoisotopic (exact) mass is 138 g/mol. The van der Waals surface area contributed by atoms with Crippen LogP contribution >= 0.6 is 11.5 Å². The molecule has 2 nitrogen and oxygen atoms in total. The van der Waals surface area contributed by atoms with Gasteiger partial charge in [-0.2, -0.15) is 0 Å². The molecule has 0 saturated heterocycles. The Bertz CT molecular complexity index is 320.